The van der Waals surface area contributed by atoms with E-state index in [1.54, 1.807) is 6.26 Å². The monoisotopic (exact) mass is 376 g/mol. The fraction of sp³-hybridized carbons (Fsp3) is 0.348. The first-order chi connectivity index (χ1) is 13.7. The van der Waals surface area contributed by atoms with Crippen molar-refractivity contribution in [3.8, 4) is 0 Å². The van der Waals surface area contributed by atoms with Gasteiger partial charge in [-0.1, -0.05) is 18.2 Å². The van der Waals surface area contributed by atoms with Crippen LogP contribution in [0.15, 0.2) is 58.3 Å². The van der Waals surface area contributed by atoms with Gasteiger partial charge in [0.25, 0.3) is 0 Å². The number of hydrogen-bond acceptors (Lipinski definition) is 4. The molecule has 2 aliphatic heterocycles. The second kappa shape index (κ2) is 6.59. The quantitative estimate of drug-likeness (QED) is 0.674. The van der Waals surface area contributed by atoms with Crippen LogP contribution in [0.3, 0.4) is 0 Å². The van der Waals surface area contributed by atoms with Crippen LogP contribution in [0.2, 0.25) is 0 Å². The second-order valence-corrected chi connectivity index (χ2v) is 7.55. The molecule has 0 aliphatic carbocycles. The topological polar surface area (TPSA) is 58.5 Å². The van der Waals surface area contributed by atoms with Gasteiger partial charge >= 0.3 is 5.97 Å². The Bertz CT molecular complexity index is 1060. The van der Waals surface area contributed by atoms with Crippen molar-refractivity contribution in [3.63, 3.8) is 0 Å². The molecule has 1 aromatic carbocycles. The fourth-order valence-electron chi connectivity index (χ4n) is 4.96. The third-order valence-corrected chi connectivity index (χ3v) is 6.17. The maximum atomic E-state index is 12.8. The standard InChI is InChI=1S/C23H24N2O3/c1-3-27-23(26)21-14(2)25-11-10-16-15-7-4-5-8-18(15)24-22(16)19(25)13-17(21)20-9-6-12-28-20/h4-9,12,17,19,24H,3,10-11,13H2,1-2H3/t17-,19-/m1/s1. The highest BCUT2D eigenvalue weighted by molar-refractivity contribution is 5.91. The van der Waals surface area contributed by atoms with Crippen LogP contribution in [0, 0.1) is 0 Å². The van der Waals surface area contributed by atoms with E-state index in [1.165, 1.54) is 22.2 Å². The molecule has 5 nitrogen and oxygen atoms in total. The van der Waals surface area contributed by atoms with E-state index in [2.05, 4.69) is 34.1 Å². The number of nitrogens with zero attached hydrogens (tertiary/aromatic N) is 1. The van der Waals surface area contributed by atoms with Crippen LogP contribution in [0.5, 0.6) is 0 Å². The molecule has 2 aromatic heterocycles. The third kappa shape index (κ3) is 2.49. The molecule has 5 heteroatoms. The van der Waals surface area contributed by atoms with Crippen molar-refractivity contribution in [3.05, 3.63) is 70.9 Å². The lowest BCUT2D eigenvalue weighted by molar-refractivity contribution is -0.139. The van der Waals surface area contributed by atoms with Gasteiger partial charge in [-0.05, 0) is 50.5 Å². The Balaban J connectivity index is 1.64. The number of esters is 1. The third-order valence-electron chi connectivity index (χ3n) is 6.17. The van der Waals surface area contributed by atoms with Crippen molar-refractivity contribution in [1.29, 1.82) is 0 Å². The van der Waals surface area contributed by atoms with E-state index in [0.29, 0.717) is 6.61 Å². The van der Waals surface area contributed by atoms with Crippen molar-refractivity contribution in [2.75, 3.05) is 13.2 Å². The van der Waals surface area contributed by atoms with Gasteiger partial charge < -0.3 is 19.0 Å². The number of benzene rings is 1. The summed E-state index contributed by atoms with van der Waals surface area (Å²) in [6.45, 7) is 5.16. The Hall–Kier alpha value is -2.95. The molecule has 1 N–H and O–H groups in total. The van der Waals surface area contributed by atoms with Crippen molar-refractivity contribution in [2.45, 2.75) is 38.6 Å². The molecule has 0 saturated carbocycles. The molecule has 4 heterocycles. The van der Waals surface area contributed by atoms with Crippen molar-refractivity contribution in [1.82, 2.24) is 9.88 Å². The first-order valence-corrected chi connectivity index (χ1v) is 9.96. The van der Waals surface area contributed by atoms with Gasteiger partial charge in [0.15, 0.2) is 0 Å². The maximum Gasteiger partial charge on any atom is 0.336 e. The van der Waals surface area contributed by atoms with Crippen LogP contribution < -0.4 is 0 Å². The van der Waals surface area contributed by atoms with Crippen LogP contribution >= 0.6 is 0 Å². The summed E-state index contributed by atoms with van der Waals surface area (Å²) in [6, 6.07) is 12.5. The Kier molecular flexibility index (Phi) is 4.04. The molecule has 0 saturated heterocycles. The summed E-state index contributed by atoms with van der Waals surface area (Å²) in [4.78, 5) is 18.8. The van der Waals surface area contributed by atoms with E-state index in [-0.39, 0.29) is 17.9 Å². The molecular weight excluding hydrogens is 352 g/mol. The Morgan fingerprint density at radius 3 is 2.93 bits per heavy atom. The van der Waals surface area contributed by atoms with Gasteiger partial charge in [-0.25, -0.2) is 4.79 Å². The fourth-order valence-corrected chi connectivity index (χ4v) is 4.96. The molecule has 0 fully saturated rings. The Labute approximate surface area is 164 Å². The van der Waals surface area contributed by atoms with Crippen LogP contribution in [0.1, 0.15) is 49.2 Å². The molecule has 2 aliphatic rings. The lowest BCUT2D eigenvalue weighted by Gasteiger charge is -2.44. The van der Waals surface area contributed by atoms with E-state index in [1.807, 2.05) is 26.0 Å². The number of para-hydroxylation sites is 1. The summed E-state index contributed by atoms with van der Waals surface area (Å²) in [5, 5.41) is 1.31. The van der Waals surface area contributed by atoms with Gasteiger partial charge in [-0.3, -0.25) is 0 Å². The summed E-state index contributed by atoms with van der Waals surface area (Å²) >= 11 is 0. The molecule has 5 rings (SSSR count). The molecule has 0 spiro atoms. The number of aromatic amines is 1. The van der Waals surface area contributed by atoms with E-state index >= 15 is 0 Å². The zero-order chi connectivity index (χ0) is 19.3. The summed E-state index contributed by atoms with van der Waals surface area (Å²) in [5.41, 5.74) is 5.59. The number of nitrogens with one attached hydrogen (secondary N) is 1. The number of ether oxygens (including phenoxy) is 1. The summed E-state index contributed by atoms with van der Waals surface area (Å²) in [6.07, 6.45) is 3.43. The highest BCUT2D eigenvalue weighted by atomic mass is 16.5. The average molecular weight is 376 g/mol. The Morgan fingerprint density at radius 2 is 2.14 bits per heavy atom. The number of rotatable bonds is 3. The predicted molar refractivity (Wildman–Crippen MR) is 107 cm³/mol. The first-order valence-electron chi connectivity index (χ1n) is 9.96. The highest BCUT2D eigenvalue weighted by Gasteiger charge is 2.42. The molecule has 144 valence electrons. The van der Waals surface area contributed by atoms with Gasteiger partial charge in [0.05, 0.1) is 30.4 Å². The van der Waals surface area contributed by atoms with Crippen molar-refractivity contribution in [2.24, 2.45) is 0 Å². The molecule has 0 radical (unpaired) electrons. The van der Waals surface area contributed by atoms with Gasteiger partial charge in [0.1, 0.15) is 5.76 Å². The van der Waals surface area contributed by atoms with Crippen LogP contribution in [-0.4, -0.2) is 29.0 Å². The molecule has 0 bridgehead atoms. The number of H-pyrrole nitrogens is 1. The van der Waals surface area contributed by atoms with Crippen molar-refractivity contribution < 1.29 is 13.9 Å². The van der Waals surface area contributed by atoms with E-state index in [9.17, 15) is 4.79 Å². The van der Waals surface area contributed by atoms with E-state index in [0.717, 1.165) is 36.4 Å². The number of aromatic nitrogens is 1. The van der Waals surface area contributed by atoms with E-state index < -0.39 is 0 Å². The molecule has 2 atom stereocenters. The molecule has 3 aromatic rings. The SMILES string of the molecule is CCOC(=O)C1=C(C)N2CCc3c([nH]c4ccccc34)[C@H]2C[C@@H]1c1ccco1. The van der Waals surface area contributed by atoms with Crippen LogP contribution in [0.25, 0.3) is 10.9 Å². The highest BCUT2D eigenvalue weighted by Crippen LogP contribution is 2.48. The van der Waals surface area contributed by atoms with E-state index in [4.69, 9.17) is 9.15 Å². The van der Waals surface area contributed by atoms with Gasteiger partial charge in [0.2, 0.25) is 0 Å². The normalized spacial score (nSPS) is 21.6. The van der Waals surface area contributed by atoms with Gasteiger partial charge in [0, 0.05) is 28.8 Å². The van der Waals surface area contributed by atoms with Crippen LogP contribution in [0.4, 0.5) is 0 Å². The number of furan rings is 1. The van der Waals surface area contributed by atoms with Gasteiger partial charge in [-0.2, -0.15) is 0 Å². The van der Waals surface area contributed by atoms with Gasteiger partial charge in [-0.15, -0.1) is 0 Å². The summed E-state index contributed by atoms with van der Waals surface area (Å²) < 4.78 is 11.1. The number of carbonyl (C=O) groups excluding carboxylic acids is 1. The Morgan fingerprint density at radius 1 is 1.29 bits per heavy atom. The molecule has 0 amide bonds. The number of allylic oxidation sites excluding steroid dienone is 1. The number of hydrogen-bond donors (Lipinski definition) is 1. The van der Waals surface area contributed by atoms with Crippen LogP contribution in [-0.2, 0) is 16.0 Å². The number of fused-ring (bicyclic) bond motifs is 5. The zero-order valence-corrected chi connectivity index (χ0v) is 16.2. The lowest BCUT2D eigenvalue weighted by atomic mass is 9.80. The largest absolute Gasteiger partial charge is 0.469 e. The first kappa shape index (κ1) is 17.2. The minimum atomic E-state index is -0.234. The summed E-state index contributed by atoms with van der Waals surface area (Å²) in [5.74, 6) is 0.486. The minimum absolute atomic E-state index is 0.104. The zero-order valence-electron chi connectivity index (χ0n) is 16.2. The lowest BCUT2D eigenvalue weighted by Crippen LogP contribution is -2.40. The number of carbonyl (C=O) groups is 1. The average Bonchev–Trinajstić information content (AvgIpc) is 3.36. The summed E-state index contributed by atoms with van der Waals surface area (Å²) in [7, 11) is 0. The molecular formula is C23H24N2O3. The smallest absolute Gasteiger partial charge is 0.336 e. The maximum absolute atomic E-state index is 12.8. The second-order valence-electron chi connectivity index (χ2n) is 7.55. The molecule has 0 unspecified atom stereocenters. The minimum Gasteiger partial charge on any atom is -0.469 e. The predicted octanol–water partition coefficient (Wildman–Crippen LogP) is 4.68. The van der Waals surface area contributed by atoms with Crippen molar-refractivity contribution >= 4 is 16.9 Å². The molecule has 28 heavy (non-hydrogen) atoms.